The minimum atomic E-state index is 0.203. The Balaban J connectivity index is 1.24. The molecule has 43 heavy (non-hydrogen) atoms. The van der Waals surface area contributed by atoms with Crippen molar-refractivity contribution in [3.05, 3.63) is 168 Å². The van der Waals surface area contributed by atoms with Crippen molar-refractivity contribution in [2.24, 2.45) is 0 Å². The van der Waals surface area contributed by atoms with Crippen LogP contribution in [0.1, 0.15) is 22.3 Å². The SMILES string of the molecule is Cc1ccc(N(c2ccc(C)cc2)c2ccc([Se]c3ccc(N(c4ccc(C)cc4)c4ccc(C)cc4)cc3)cc2)cc1. The molecule has 0 saturated carbocycles. The van der Waals surface area contributed by atoms with Gasteiger partial charge in [0.15, 0.2) is 0 Å². The van der Waals surface area contributed by atoms with E-state index in [1.807, 2.05) is 0 Å². The third-order valence-corrected chi connectivity index (χ3v) is 9.73. The third kappa shape index (κ3) is 6.75. The minimum absolute atomic E-state index is 0.203. The van der Waals surface area contributed by atoms with Gasteiger partial charge in [-0.15, -0.1) is 0 Å². The Labute approximate surface area is 262 Å². The van der Waals surface area contributed by atoms with Crippen LogP contribution in [0.3, 0.4) is 0 Å². The van der Waals surface area contributed by atoms with E-state index < -0.39 is 0 Å². The monoisotopic (exact) mass is 624 g/mol. The van der Waals surface area contributed by atoms with Gasteiger partial charge in [-0.1, -0.05) is 0 Å². The van der Waals surface area contributed by atoms with Crippen LogP contribution >= 0.6 is 0 Å². The van der Waals surface area contributed by atoms with Gasteiger partial charge < -0.3 is 0 Å². The molecule has 0 N–H and O–H groups in total. The second kappa shape index (κ2) is 12.8. The van der Waals surface area contributed by atoms with Gasteiger partial charge in [-0.05, 0) is 0 Å². The number of rotatable bonds is 8. The summed E-state index contributed by atoms with van der Waals surface area (Å²) in [4.78, 5) is 4.66. The quantitative estimate of drug-likeness (QED) is 0.156. The van der Waals surface area contributed by atoms with E-state index in [1.165, 1.54) is 31.2 Å². The van der Waals surface area contributed by atoms with Gasteiger partial charge >= 0.3 is 263 Å². The summed E-state index contributed by atoms with van der Waals surface area (Å²) in [6, 6.07) is 53.1. The molecule has 0 aliphatic heterocycles. The predicted octanol–water partition coefficient (Wildman–Crippen LogP) is 9.51. The van der Waals surface area contributed by atoms with Crippen LogP contribution in [0.25, 0.3) is 0 Å². The number of hydrogen-bond donors (Lipinski definition) is 0. The molecule has 0 radical (unpaired) electrons. The van der Waals surface area contributed by atoms with Crippen molar-refractivity contribution in [3.63, 3.8) is 0 Å². The van der Waals surface area contributed by atoms with Crippen molar-refractivity contribution in [3.8, 4) is 0 Å². The van der Waals surface area contributed by atoms with Crippen molar-refractivity contribution in [2.45, 2.75) is 27.7 Å². The number of benzene rings is 6. The summed E-state index contributed by atoms with van der Waals surface area (Å²) in [6.45, 7) is 8.52. The van der Waals surface area contributed by atoms with Gasteiger partial charge in [-0.3, -0.25) is 0 Å². The third-order valence-electron chi connectivity index (χ3n) is 7.59. The molecule has 0 amide bonds. The zero-order valence-corrected chi connectivity index (χ0v) is 26.9. The maximum atomic E-state index is 2.33. The van der Waals surface area contributed by atoms with Gasteiger partial charge in [-0.2, -0.15) is 0 Å². The van der Waals surface area contributed by atoms with Gasteiger partial charge in [0.2, 0.25) is 0 Å². The van der Waals surface area contributed by atoms with Crippen LogP contribution in [0.4, 0.5) is 34.1 Å². The molecule has 0 unspecified atom stereocenters. The predicted molar refractivity (Wildman–Crippen MR) is 186 cm³/mol. The van der Waals surface area contributed by atoms with Gasteiger partial charge in [-0.25, -0.2) is 0 Å². The second-order valence-electron chi connectivity index (χ2n) is 11.1. The Morgan fingerprint density at radius 1 is 0.279 bits per heavy atom. The van der Waals surface area contributed by atoms with Crippen molar-refractivity contribution in [1.29, 1.82) is 0 Å². The summed E-state index contributed by atoms with van der Waals surface area (Å²) >= 11 is 0.203. The van der Waals surface area contributed by atoms with E-state index in [2.05, 4.69) is 183 Å². The normalized spacial score (nSPS) is 10.9. The molecular weight excluding hydrogens is 587 g/mol. The zero-order chi connectivity index (χ0) is 29.8. The second-order valence-corrected chi connectivity index (χ2v) is 13.5. The summed E-state index contributed by atoms with van der Waals surface area (Å²) in [5.41, 5.74) is 12.0. The molecule has 0 atom stereocenters. The molecule has 6 rings (SSSR count). The summed E-state index contributed by atoms with van der Waals surface area (Å²) in [5.74, 6) is 0. The number of hydrogen-bond acceptors (Lipinski definition) is 2. The molecule has 3 heteroatoms. The number of anilines is 6. The first-order chi connectivity index (χ1) is 20.9. The molecule has 0 spiro atoms. The molecule has 0 aromatic heterocycles. The van der Waals surface area contributed by atoms with E-state index in [0.717, 1.165) is 34.1 Å². The Kier molecular flexibility index (Phi) is 8.47. The zero-order valence-electron chi connectivity index (χ0n) is 25.2. The van der Waals surface area contributed by atoms with Crippen LogP contribution in [0.15, 0.2) is 146 Å². The van der Waals surface area contributed by atoms with Crippen LogP contribution in [-0.2, 0) is 0 Å². The molecule has 6 aromatic rings. The molecule has 2 nitrogen and oxygen atoms in total. The molecular formula is C40H36N2Se. The van der Waals surface area contributed by atoms with Crippen molar-refractivity contribution in [1.82, 2.24) is 0 Å². The Morgan fingerprint density at radius 2 is 0.465 bits per heavy atom. The topological polar surface area (TPSA) is 6.48 Å². The molecule has 0 bridgehead atoms. The van der Waals surface area contributed by atoms with E-state index in [9.17, 15) is 0 Å². The summed E-state index contributed by atoms with van der Waals surface area (Å²) in [5, 5.41) is 0. The average Bonchev–Trinajstić information content (AvgIpc) is 3.03. The van der Waals surface area contributed by atoms with Gasteiger partial charge in [0.1, 0.15) is 0 Å². The van der Waals surface area contributed by atoms with E-state index in [-0.39, 0.29) is 15.0 Å². The fraction of sp³-hybridized carbons (Fsp3) is 0.100. The molecule has 212 valence electrons. The maximum absolute atomic E-state index is 2.33. The molecule has 0 aliphatic rings. The van der Waals surface area contributed by atoms with E-state index in [0.29, 0.717) is 0 Å². The Morgan fingerprint density at radius 3 is 0.674 bits per heavy atom. The Hall–Kier alpha value is -4.56. The van der Waals surface area contributed by atoms with E-state index >= 15 is 0 Å². The first kappa shape index (κ1) is 28.6. The molecule has 0 fully saturated rings. The van der Waals surface area contributed by atoms with Gasteiger partial charge in [0.25, 0.3) is 0 Å². The van der Waals surface area contributed by atoms with E-state index in [4.69, 9.17) is 0 Å². The van der Waals surface area contributed by atoms with E-state index in [1.54, 1.807) is 0 Å². The first-order valence-electron chi connectivity index (χ1n) is 14.7. The van der Waals surface area contributed by atoms with Crippen LogP contribution in [0.5, 0.6) is 0 Å². The van der Waals surface area contributed by atoms with Crippen LogP contribution in [0, 0.1) is 27.7 Å². The fourth-order valence-electron chi connectivity index (χ4n) is 5.13. The Bertz CT molecular complexity index is 1540. The molecule has 0 heterocycles. The summed E-state index contributed by atoms with van der Waals surface area (Å²) < 4.78 is 2.70. The van der Waals surface area contributed by atoms with Crippen molar-refractivity contribution < 1.29 is 0 Å². The molecule has 0 aliphatic carbocycles. The summed E-state index contributed by atoms with van der Waals surface area (Å²) in [6.07, 6.45) is 0. The summed E-state index contributed by atoms with van der Waals surface area (Å²) in [7, 11) is 0. The van der Waals surface area contributed by atoms with Crippen molar-refractivity contribution >= 4 is 58.0 Å². The number of aryl methyl sites for hydroxylation is 4. The first-order valence-corrected chi connectivity index (χ1v) is 16.4. The van der Waals surface area contributed by atoms with Crippen LogP contribution in [-0.4, -0.2) is 15.0 Å². The standard InChI is InChI=1S/C40H36N2Se/c1-29-5-13-33(14-6-29)41(34-15-7-30(2)8-16-34)37-21-25-39(26-22-37)43-40-27-23-38(24-28-40)42(35-17-9-31(3)10-18-35)36-19-11-32(4)12-20-36/h5-28H,1-4H3. The van der Waals surface area contributed by atoms with Gasteiger partial charge in [0.05, 0.1) is 0 Å². The number of nitrogens with zero attached hydrogens (tertiary/aromatic N) is 2. The fourth-order valence-corrected chi connectivity index (χ4v) is 6.85. The average molecular weight is 624 g/mol. The van der Waals surface area contributed by atoms with Crippen LogP contribution < -0.4 is 18.7 Å². The van der Waals surface area contributed by atoms with Gasteiger partial charge in [0, 0.05) is 0 Å². The van der Waals surface area contributed by atoms with Crippen molar-refractivity contribution in [2.75, 3.05) is 9.80 Å². The van der Waals surface area contributed by atoms with Crippen LogP contribution in [0.2, 0.25) is 0 Å². The molecule has 6 aromatic carbocycles. The molecule has 0 saturated heterocycles.